The van der Waals surface area contributed by atoms with Gasteiger partial charge < -0.3 is 15.0 Å². The fraction of sp³-hybridized carbons (Fsp3) is 0.259. The van der Waals surface area contributed by atoms with E-state index < -0.39 is 28.5 Å². The molecule has 1 atom stereocenters. The number of methoxy groups -OCH3 is 1. The predicted octanol–water partition coefficient (Wildman–Crippen LogP) is 4.02. The molecule has 3 rings (SSSR count). The highest BCUT2D eigenvalue weighted by atomic mass is 35.5. The summed E-state index contributed by atoms with van der Waals surface area (Å²) in [4.78, 5) is 27.6. The van der Waals surface area contributed by atoms with Crippen LogP contribution in [0.25, 0.3) is 0 Å². The highest BCUT2D eigenvalue weighted by Crippen LogP contribution is 2.26. The van der Waals surface area contributed by atoms with Crippen LogP contribution in [0.1, 0.15) is 18.1 Å². The SMILES string of the molecule is CNC(=O)[C@@H](C)N(Cc1cccc(Cl)c1)C(=O)CN(c1ccc(C)cc1)S(=O)(=O)c1ccc(OC)cc1. The van der Waals surface area contributed by atoms with Crippen molar-refractivity contribution in [2.45, 2.75) is 31.3 Å². The molecule has 1 N–H and O–H groups in total. The van der Waals surface area contributed by atoms with Crippen molar-refractivity contribution >= 4 is 39.1 Å². The number of aryl methyl sites for hydroxylation is 1. The number of hydrogen-bond acceptors (Lipinski definition) is 5. The molecule has 3 aromatic rings. The second-order valence-corrected chi connectivity index (χ2v) is 10.8. The maximum atomic E-state index is 13.8. The van der Waals surface area contributed by atoms with Crippen molar-refractivity contribution in [3.63, 3.8) is 0 Å². The normalized spacial score (nSPS) is 11.9. The highest BCUT2D eigenvalue weighted by molar-refractivity contribution is 7.92. The van der Waals surface area contributed by atoms with Gasteiger partial charge >= 0.3 is 0 Å². The Morgan fingerprint density at radius 3 is 2.24 bits per heavy atom. The molecule has 37 heavy (non-hydrogen) atoms. The molecule has 0 fully saturated rings. The Morgan fingerprint density at radius 2 is 1.68 bits per heavy atom. The van der Waals surface area contributed by atoms with E-state index in [1.54, 1.807) is 67.6 Å². The number of nitrogens with zero attached hydrogens (tertiary/aromatic N) is 2. The van der Waals surface area contributed by atoms with E-state index in [1.165, 1.54) is 31.2 Å². The number of rotatable bonds is 10. The molecule has 0 aromatic heterocycles. The van der Waals surface area contributed by atoms with Crippen LogP contribution in [0.2, 0.25) is 5.02 Å². The summed E-state index contributed by atoms with van der Waals surface area (Å²) >= 11 is 6.12. The molecule has 0 radical (unpaired) electrons. The van der Waals surface area contributed by atoms with Crippen molar-refractivity contribution in [3.8, 4) is 5.75 Å². The van der Waals surface area contributed by atoms with E-state index in [-0.39, 0.29) is 17.3 Å². The fourth-order valence-corrected chi connectivity index (χ4v) is 5.37. The van der Waals surface area contributed by atoms with Gasteiger partial charge in [-0.3, -0.25) is 13.9 Å². The van der Waals surface area contributed by atoms with Crippen LogP contribution in [0.5, 0.6) is 5.75 Å². The smallest absolute Gasteiger partial charge is 0.264 e. The number of amides is 2. The first-order valence-corrected chi connectivity index (χ1v) is 13.4. The average molecular weight is 544 g/mol. The van der Waals surface area contributed by atoms with Crippen LogP contribution in [-0.2, 0) is 26.2 Å². The lowest BCUT2D eigenvalue weighted by Crippen LogP contribution is -2.50. The second-order valence-electron chi connectivity index (χ2n) is 8.46. The van der Waals surface area contributed by atoms with Gasteiger partial charge in [-0.1, -0.05) is 41.4 Å². The van der Waals surface area contributed by atoms with Crippen LogP contribution in [0.3, 0.4) is 0 Å². The summed E-state index contributed by atoms with van der Waals surface area (Å²) in [6, 6.07) is 18.9. The van der Waals surface area contributed by atoms with Crippen molar-refractivity contribution in [1.29, 1.82) is 0 Å². The van der Waals surface area contributed by atoms with E-state index in [4.69, 9.17) is 16.3 Å². The summed E-state index contributed by atoms with van der Waals surface area (Å²) < 4.78 is 33.7. The van der Waals surface area contributed by atoms with Gasteiger partial charge in [0.2, 0.25) is 11.8 Å². The summed E-state index contributed by atoms with van der Waals surface area (Å²) in [6.07, 6.45) is 0. The zero-order chi connectivity index (χ0) is 27.2. The summed E-state index contributed by atoms with van der Waals surface area (Å²) in [5.74, 6) is -0.423. The minimum atomic E-state index is -4.14. The van der Waals surface area contributed by atoms with Crippen molar-refractivity contribution in [1.82, 2.24) is 10.2 Å². The van der Waals surface area contributed by atoms with Gasteiger partial charge in [-0.15, -0.1) is 0 Å². The molecule has 3 aromatic carbocycles. The molecule has 0 unspecified atom stereocenters. The Labute approximate surface area is 222 Å². The third-order valence-corrected chi connectivity index (χ3v) is 7.93. The van der Waals surface area contributed by atoms with Gasteiger partial charge in [0, 0.05) is 18.6 Å². The molecule has 8 nitrogen and oxygen atoms in total. The van der Waals surface area contributed by atoms with Crippen molar-refractivity contribution in [2.75, 3.05) is 25.0 Å². The van der Waals surface area contributed by atoms with E-state index in [0.29, 0.717) is 22.0 Å². The van der Waals surface area contributed by atoms with Crippen molar-refractivity contribution in [2.24, 2.45) is 0 Å². The third-order valence-electron chi connectivity index (χ3n) is 5.90. The standard InChI is InChI=1S/C27H30ClN3O5S/c1-19-8-10-23(11-9-19)31(37(34,35)25-14-12-24(36-4)13-15-25)18-26(32)30(20(2)27(33)29-3)17-21-6-5-7-22(28)16-21/h5-16,20H,17-18H2,1-4H3,(H,29,33)/t20-/m1/s1. The number of halogens is 1. The number of sulfonamides is 1. The van der Waals surface area contributed by atoms with Crippen LogP contribution < -0.4 is 14.4 Å². The van der Waals surface area contributed by atoms with Gasteiger partial charge in [0.05, 0.1) is 17.7 Å². The minimum Gasteiger partial charge on any atom is -0.497 e. The zero-order valence-electron chi connectivity index (χ0n) is 21.1. The molecule has 0 saturated carbocycles. The van der Waals surface area contributed by atoms with E-state index >= 15 is 0 Å². The Hall–Kier alpha value is -3.56. The average Bonchev–Trinajstić information content (AvgIpc) is 2.90. The number of benzene rings is 3. The molecular formula is C27H30ClN3O5S. The largest absolute Gasteiger partial charge is 0.497 e. The number of carbonyl (C=O) groups excluding carboxylic acids is 2. The molecule has 0 aliphatic carbocycles. The van der Waals surface area contributed by atoms with E-state index in [9.17, 15) is 18.0 Å². The summed E-state index contributed by atoms with van der Waals surface area (Å²) in [6.45, 7) is 3.03. The van der Waals surface area contributed by atoms with Gasteiger partial charge in [-0.25, -0.2) is 8.42 Å². The topological polar surface area (TPSA) is 96.0 Å². The number of ether oxygens (including phenoxy) is 1. The minimum absolute atomic E-state index is 0.00224. The first-order chi connectivity index (χ1) is 17.6. The predicted molar refractivity (Wildman–Crippen MR) is 144 cm³/mol. The first-order valence-electron chi connectivity index (χ1n) is 11.6. The number of anilines is 1. The number of hydrogen-bond donors (Lipinski definition) is 1. The molecule has 0 spiro atoms. The lowest BCUT2D eigenvalue weighted by atomic mass is 10.1. The van der Waals surface area contributed by atoms with Gasteiger partial charge in [0.15, 0.2) is 0 Å². The van der Waals surface area contributed by atoms with Crippen LogP contribution in [0.15, 0.2) is 77.7 Å². The zero-order valence-corrected chi connectivity index (χ0v) is 22.7. The maximum absolute atomic E-state index is 13.8. The number of likely N-dealkylation sites (N-methyl/N-ethyl adjacent to an activating group) is 1. The monoisotopic (exact) mass is 543 g/mol. The lowest BCUT2D eigenvalue weighted by molar-refractivity contribution is -0.139. The first kappa shape index (κ1) is 28.0. The Balaban J connectivity index is 2.02. The molecule has 0 bridgehead atoms. The van der Waals surface area contributed by atoms with Gasteiger partial charge in [-0.05, 0) is 67.9 Å². The van der Waals surface area contributed by atoms with Gasteiger partial charge in [0.25, 0.3) is 10.0 Å². The van der Waals surface area contributed by atoms with E-state index in [1.807, 2.05) is 6.92 Å². The van der Waals surface area contributed by atoms with Crippen LogP contribution in [0.4, 0.5) is 5.69 Å². The second kappa shape index (κ2) is 12.1. The lowest BCUT2D eigenvalue weighted by Gasteiger charge is -2.31. The molecule has 0 saturated heterocycles. The molecule has 10 heteroatoms. The maximum Gasteiger partial charge on any atom is 0.264 e. The van der Waals surface area contributed by atoms with Crippen molar-refractivity contribution in [3.05, 3.63) is 88.9 Å². The van der Waals surface area contributed by atoms with E-state index in [0.717, 1.165) is 9.87 Å². The van der Waals surface area contributed by atoms with Crippen LogP contribution in [0, 0.1) is 6.92 Å². The fourth-order valence-electron chi connectivity index (χ4n) is 3.74. The van der Waals surface area contributed by atoms with E-state index in [2.05, 4.69) is 5.32 Å². The molecular weight excluding hydrogens is 514 g/mol. The number of nitrogens with one attached hydrogen (secondary N) is 1. The summed E-state index contributed by atoms with van der Waals surface area (Å²) in [5.41, 5.74) is 1.97. The molecule has 2 amide bonds. The van der Waals surface area contributed by atoms with Crippen molar-refractivity contribution < 1.29 is 22.7 Å². The summed E-state index contributed by atoms with van der Waals surface area (Å²) in [7, 11) is -1.17. The highest BCUT2D eigenvalue weighted by Gasteiger charge is 2.32. The van der Waals surface area contributed by atoms with Gasteiger partial charge in [-0.2, -0.15) is 0 Å². The quantitative estimate of drug-likeness (QED) is 0.417. The van der Waals surface area contributed by atoms with Crippen LogP contribution >= 0.6 is 11.6 Å². The molecule has 0 aliphatic rings. The Kier molecular flexibility index (Phi) is 9.18. The molecule has 196 valence electrons. The molecule has 0 heterocycles. The van der Waals surface area contributed by atoms with Gasteiger partial charge in [0.1, 0.15) is 18.3 Å². The third kappa shape index (κ3) is 6.81. The number of carbonyl (C=O) groups is 2. The Bertz CT molecular complexity index is 1350. The molecule has 0 aliphatic heterocycles. The Morgan fingerprint density at radius 1 is 1.03 bits per heavy atom. The summed E-state index contributed by atoms with van der Waals surface area (Å²) in [5, 5.41) is 3.04. The van der Waals surface area contributed by atoms with Crippen LogP contribution in [-0.4, -0.2) is 51.9 Å².